The lowest BCUT2D eigenvalue weighted by molar-refractivity contribution is -0.137. The van der Waals surface area contributed by atoms with Crippen molar-refractivity contribution in [1.29, 1.82) is 0 Å². The predicted molar refractivity (Wildman–Crippen MR) is 78.6 cm³/mol. The van der Waals surface area contributed by atoms with E-state index in [0.717, 1.165) is 11.3 Å². The van der Waals surface area contributed by atoms with Crippen LogP contribution in [-0.2, 0) is 9.53 Å². The SMILES string of the molecule is CCOC(=O)/C=C/c1ccccc1Oc1ccccc1. The summed E-state index contributed by atoms with van der Waals surface area (Å²) in [6, 6.07) is 17.0. The van der Waals surface area contributed by atoms with E-state index < -0.39 is 0 Å². The molecular weight excluding hydrogens is 252 g/mol. The molecule has 0 bridgehead atoms. The molecule has 3 heteroatoms. The quantitative estimate of drug-likeness (QED) is 0.606. The zero-order valence-corrected chi connectivity index (χ0v) is 11.3. The third-order valence-corrected chi connectivity index (χ3v) is 2.58. The summed E-state index contributed by atoms with van der Waals surface area (Å²) < 4.78 is 10.7. The fourth-order valence-electron chi connectivity index (χ4n) is 1.67. The van der Waals surface area contributed by atoms with Crippen molar-refractivity contribution >= 4 is 12.0 Å². The first-order valence-electron chi connectivity index (χ1n) is 6.46. The number of ether oxygens (including phenoxy) is 2. The van der Waals surface area contributed by atoms with Gasteiger partial charge in [-0.05, 0) is 31.2 Å². The van der Waals surface area contributed by atoms with Crippen LogP contribution >= 0.6 is 0 Å². The Labute approximate surface area is 118 Å². The van der Waals surface area contributed by atoms with Gasteiger partial charge in [0.15, 0.2) is 0 Å². The van der Waals surface area contributed by atoms with Gasteiger partial charge >= 0.3 is 5.97 Å². The van der Waals surface area contributed by atoms with Crippen LogP contribution < -0.4 is 4.74 Å². The van der Waals surface area contributed by atoms with Gasteiger partial charge in [-0.25, -0.2) is 4.79 Å². The number of para-hydroxylation sites is 2. The molecule has 0 spiro atoms. The molecule has 2 aromatic carbocycles. The molecule has 0 N–H and O–H groups in total. The lowest BCUT2D eigenvalue weighted by Crippen LogP contribution is -1.98. The Hall–Kier alpha value is -2.55. The van der Waals surface area contributed by atoms with Crippen molar-refractivity contribution in [3.8, 4) is 11.5 Å². The van der Waals surface area contributed by atoms with Crippen LogP contribution in [-0.4, -0.2) is 12.6 Å². The molecule has 0 saturated heterocycles. The van der Waals surface area contributed by atoms with Crippen LogP contribution in [0.4, 0.5) is 0 Å². The summed E-state index contributed by atoms with van der Waals surface area (Å²) in [5.74, 6) is 1.09. The molecular formula is C17H16O3. The van der Waals surface area contributed by atoms with Gasteiger partial charge in [-0.15, -0.1) is 0 Å². The Bertz CT molecular complexity index is 588. The first-order chi connectivity index (χ1) is 9.79. The molecule has 0 heterocycles. The van der Waals surface area contributed by atoms with Crippen LogP contribution in [0.3, 0.4) is 0 Å². The monoisotopic (exact) mass is 268 g/mol. The van der Waals surface area contributed by atoms with Gasteiger partial charge < -0.3 is 9.47 Å². The fraction of sp³-hybridized carbons (Fsp3) is 0.118. The summed E-state index contributed by atoms with van der Waals surface area (Å²) in [6.45, 7) is 2.14. The van der Waals surface area contributed by atoms with E-state index in [1.54, 1.807) is 13.0 Å². The molecule has 0 aliphatic rings. The molecule has 102 valence electrons. The van der Waals surface area contributed by atoms with Gasteiger partial charge in [-0.2, -0.15) is 0 Å². The highest BCUT2D eigenvalue weighted by Crippen LogP contribution is 2.25. The van der Waals surface area contributed by atoms with Crippen molar-refractivity contribution in [3.63, 3.8) is 0 Å². The van der Waals surface area contributed by atoms with Crippen LogP contribution in [0.1, 0.15) is 12.5 Å². The van der Waals surface area contributed by atoms with Gasteiger partial charge in [-0.1, -0.05) is 36.4 Å². The normalized spacial score (nSPS) is 10.4. The predicted octanol–water partition coefficient (Wildman–Crippen LogP) is 4.06. The summed E-state index contributed by atoms with van der Waals surface area (Å²) in [7, 11) is 0. The highest BCUT2D eigenvalue weighted by molar-refractivity contribution is 5.87. The molecule has 0 aromatic heterocycles. The van der Waals surface area contributed by atoms with Gasteiger partial charge in [-0.3, -0.25) is 0 Å². The molecule has 0 fully saturated rings. The topological polar surface area (TPSA) is 35.5 Å². The highest BCUT2D eigenvalue weighted by Gasteiger charge is 2.02. The molecule has 0 unspecified atom stereocenters. The van der Waals surface area contributed by atoms with E-state index in [2.05, 4.69) is 0 Å². The van der Waals surface area contributed by atoms with Crippen molar-refractivity contribution < 1.29 is 14.3 Å². The van der Waals surface area contributed by atoms with Crippen LogP contribution in [0.5, 0.6) is 11.5 Å². The highest BCUT2D eigenvalue weighted by atomic mass is 16.5. The standard InChI is InChI=1S/C17H16O3/c1-2-19-17(18)13-12-14-8-6-7-11-16(14)20-15-9-4-3-5-10-15/h3-13H,2H2,1H3/b13-12+. The van der Waals surface area contributed by atoms with E-state index >= 15 is 0 Å². The number of rotatable bonds is 5. The van der Waals surface area contributed by atoms with Crippen LogP contribution in [0.15, 0.2) is 60.7 Å². The largest absolute Gasteiger partial charge is 0.463 e. The second kappa shape index (κ2) is 7.14. The molecule has 0 aliphatic heterocycles. The molecule has 3 nitrogen and oxygen atoms in total. The minimum absolute atomic E-state index is 0.359. The van der Waals surface area contributed by atoms with E-state index in [0.29, 0.717) is 12.4 Å². The second-order valence-electron chi connectivity index (χ2n) is 4.04. The van der Waals surface area contributed by atoms with Crippen LogP contribution in [0, 0.1) is 0 Å². The van der Waals surface area contributed by atoms with E-state index in [9.17, 15) is 4.79 Å². The minimum atomic E-state index is -0.359. The zero-order chi connectivity index (χ0) is 14.2. The maximum Gasteiger partial charge on any atom is 0.330 e. The van der Waals surface area contributed by atoms with Gasteiger partial charge in [0.05, 0.1) is 6.61 Å². The summed E-state index contributed by atoms with van der Waals surface area (Å²) in [5, 5.41) is 0. The molecule has 0 saturated carbocycles. The van der Waals surface area contributed by atoms with Gasteiger partial charge in [0.2, 0.25) is 0 Å². The van der Waals surface area contributed by atoms with Crippen molar-refractivity contribution in [2.24, 2.45) is 0 Å². The summed E-state index contributed by atoms with van der Waals surface area (Å²) in [6.07, 6.45) is 3.09. The average Bonchev–Trinajstić information content (AvgIpc) is 2.48. The Morgan fingerprint density at radius 2 is 1.75 bits per heavy atom. The number of hydrogen-bond acceptors (Lipinski definition) is 3. The number of esters is 1. The first-order valence-corrected chi connectivity index (χ1v) is 6.46. The fourth-order valence-corrected chi connectivity index (χ4v) is 1.67. The number of carbonyl (C=O) groups excluding carboxylic acids is 1. The van der Waals surface area contributed by atoms with Gasteiger partial charge in [0, 0.05) is 11.6 Å². The molecule has 2 aromatic rings. The van der Waals surface area contributed by atoms with Crippen molar-refractivity contribution in [2.45, 2.75) is 6.92 Å². The van der Waals surface area contributed by atoms with Gasteiger partial charge in [0.1, 0.15) is 11.5 Å². The number of hydrogen-bond donors (Lipinski definition) is 0. The smallest absolute Gasteiger partial charge is 0.330 e. The molecule has 0 aliphatic carbocycles. The van der Waals surface area contributed by atoms with Gasteiger partial charge in [0.25, 0.3) is 0 Å². The Balaban J connectivity index is 2.16. The second-order valence-corrected chi connectivity index (χ2v) is 4.04. The van der Waals surface area contributed by atoms with Crippen molar-refractivity contribution in [2.75, 3.05) is 6.61 Å². The molecule has 20 heavy (non-hydrogen) atoms. The zero-order valence-electron chi connectivity index (χ0n) is 11.3. The molecule has 0 radical (unpaired) electrons. The lowest BCUT2D eigenvalue weighted by atomic mass is 10.2. The maximum atomic E-state index is 11.3. The third kappa shape index (κ3) is 3.99. The first kappa shape index (κ1) is 13.9. The van der Waals surface area contributed by atoms with E-state index in [1.165, 1.54) is 6.08 Å². The van der Waals surface area contributed by atoms with Crippen LogP contribution in [0.2, 0.25) is 0 Å². The van der Waals surface area contributed by atoms with Crippen LogP contribution in [0.25, 0.3) is 6.08 Å². The number of carbonyl (C=O) groups is 1. The Kier molecular flexibility index (Phi) is 4.95. The molecule has 0 amide bonds. The average molecular weight is 268 g/mol. The molecule has 0 atom stereocenters. The summed E-state index contributed by atoms with van der Waals surface area (Å²) in [4.78, 5) is 11.3. The lowest BCUT2D eigenvalue weighted by Gasteiger charge is -2.08. The Morgan fingerprint density at radius 1 is 1.05 bits per heavy atom. The maximum absolute atomic E-state index is 11.3. The van der Waals surface area contributed by atoms with E-state index in [4.69, 9.17) is 9.47 Å². The van der Waals surface area contributed by atoms with Crippen molar-refractivity contribution in [1.82, 2.24) is 0 Å². The Morgan fingerprint density at radius 3 is 2.50 bits per heavy atom. The van der Waals surface area contributed by atoms with E-state index in [1.807, 2.05) is 54.6 Å². The summed E-state index contributed by atoms with van der Waals surface area (Å²) in [5.41, 5.74) is 0.824. The summed E-state index contributed by atoms with van der Waals surface area (Å²) >= 11 is 0. The number of benzene rings is 2. The van der Waals surface area contributed by atoms with E-state index in [-0.39, 0.29) is 5.97 Å². The molecule has 2 rings (SSSR count). The third-order valence-electron chi connectivity index (χ3n) is 2.58. The van der Waals surface area contributed by atoms with Crippen molar-refractivity contribution in [3.05, 3.63) is 66.2 Å². The minimum Gasteiger partial charge on any atom is -0.463 e.